The second-order valence-corrected chi connectivity index (χ2v) is 17.4. The third-order valence-corrected chi connectivity index (χ3v) is 7.83. The van der Waals surface area contributed by atoms with Gasteiger partial charge in [0, 0.05) is 56.4 Å². The number of quaternary nitrogens is 3. The summed E-state index contributed by atoms with van der Waals surface area (Å²) in [6.45, 7) is 4.17. The van der Waals surface area contributed by atoms with Crippen LogP contribution < -0.4 is 15.3 Å². The van der Waals surface area contributed by atoms with Crippen molar-refractivity contribution >= 4 is 47.2 Å². The van der Waals surface area contributed by atoms with Crippen molar-refractivity contribution in [1.82, 2.24) is 0 Å². The highest BCUT2D eigenvalue weighted by Gasteiger charge is 2.48. The molecule has 4 unspecified atom stereocenters. The number of hydrogen-bond donors (Lipinski definition) is 6. The molecule has 0 aromatic rings. The molecule has 0 aliphatic carbocycles. The Hall–Kier alpha value is -3.92. The van der Waals surface area contributed by atoms with E-state index < -0.39 is 101 Å². The second-order valence-electron chi connectivity index (χ2n) is 17.4. The third-order valence-electron chi connectivity index (χ3n) is 7.83. The molecule has 0 heterocycles. The monoisotopic (exact) mass is 797 g/mol. The largest absolute Gasteiger partial charge is 0.550 e. The van der Waals surface area contributed by atoms with Crippen LogP contribution >= 0.6 is 0 Å². The van der Waals surface area contributed by atoms with Crippen molar-refractivity contribution in [1.29, 1.82) is 0 Å². The molecule has 0 fully saturated rings. The minimum Gasteiger partial charge on any atom is -0.550 e. The molecule has 0 spiro atoms. The summed E-state index contributed by atoms with van der Waals surface area (Å²) in [6, 6.07) is -0.669. The maximum Gasteiger partial charge on any atom is 0.310 e. The molecule has 0 rings (SSSR count). The number of likely N-dealkylation sites (N-methyl/N-ethyl adjacent to an activating group) is 3. The van der Waals surface area contributed by atoms with Crippen LogP contribution in [0.3, 0.4) is 0 Å². The molecular weight excluding hydrogens is 734 g/mol. The highest BCUT2D eigenvalue weighted by Crippen LogP contribution is 2.26. The number of carbonyl (C=O) groups is 8. The SMILES string of the molecule is CC(C(O)(CC(=O)[O-])C(=O)CCCC(=O)O)[N+](C)(C)C.CC(C)(O)CC(=O)C(O)(CC(=O)[O-])C[N+](C)(C)C.C[N+](C)(C)CC(O)(CC(=O)[O-])C(=O)CC(=O)O. The first kappa shape index (κ1) is 55.4. The molecule has 6 N–H and O–H groups in total. The van der Waals surface area contributed by atoms with Crippen molar-refractivity contribution in [2.45, 2.75) is 101 Å². The Morgan fingerprint density at radius 2 is 0.909 bits per heavy atom. The van der Waals surface area contributed by atoms with E-state index in [2.05, 4.69) is 0 Å². The molecule has 320 valence electrons. The molecule has 0 saturated heterocycles. The number of aliphatic hydroxyl groups is 4. The Kier molecular flexibility index (Phi) is 21.6. The smallest absolute Gasteiger partial charge is 0.310 e. The summed E-state index contributed by atoms with van der Waals surface area (Å²) in [6.07, 6.45) is -4.01. The first-order valence-electron chi connectivity index (χ1n) is 17.1. The Bertz CT molecular complexity index is 1370. The number of nitrogens with zero attached hydrogens (tertiary/aromatic N) is 3. The van der Waals surface area contributed by atoms with E-state index in [-0.39, 0.29) is 52.2 Å². The third kappa shape index (κ3) is 25.0. The van der Waals surface area contributed by atoms with Crippen LogP contribution in [-0.2, 0) is 38.4 Å². The summed E-state index contributed by atoms with van der Waals surface area (Å²) in [4.78, 5) is 88.5. The maximum absolute atomic E-state index is 12.1. The van der Waals surface area contributed by atoms with E-state index in [9.17, 15) is 74.1 Å². The van der Waals surface area contributed by atoms with Gasteiger partial charge < -0.3 is 73.8 Å². The van der Waals surface area contributed by atoms with E-state index in [0.29, 0.717) is 0 Å². The average Bonchev–Trinajstić information content (AvgIpc) is 2.87. The number of aliphatic carboxylic acids is 5. The van der Waals surface area contributed by atoms with Crippen LogP contribution in [0.5, 0.6) is 0 Å². The van der Waals surface area contributed by atoms with Gasteiger partial charge in [-0.05, 0) is 27.2 Å². The standard InChI is InChI=1S/C13H23NO6.C12H23NO5.C10H17NO6/c1-9(14(2,3)4)13(20,8-12(18)19)10(15)6-5-7-11(16)17;1-11(2,17)6-9(14)12(18,7-10(15)16)8-13(3,4)5;1-11(2,3)6-10(17,5-9(15)16)7(12)4-8(13)14/h9,20H,5-8H2,1-4H3,(H-,16,17,18,19);17-18H,6-8H2,1-5H3;17H,4-6H2,1-3H3,(H-,13,14,15,16). The van der Waals surface area contributed by atoms with Crippen molar-refractivity contribution in [3.63, 3.8) is 0 Å². The number of hydrogen-bond acceptors (Lipinski definition) is 15. The van der Waals surface area contributed by atoms with Gasteiger partial charge in [-0.15, -0.1) is 0 Å². The van der Waals surface area contributed by atoms with Crippen molar-refractivity contribution in [3.05, 3.63) is 0 Å². The molecule has 0 aromatic heterocycles. The van der Waals surface area contributed by atoms with Gasteiger partial charge in [0.2, 0.25) is 0 Å². The molecule has 4 atom stereocenters. The molecule has 0 amide bonds. The summed E-state index contributed by atoms with van der Waals surface area (Å²) in [5.74, 6) is -9.43. The summed E-state index contributed by atoms with van der Waals surface area (Å²) < 4.78 is 0.533. The van der Waals surface area contributed by atoms with E-state index in [1.807, 2.05) is 0 Å². The molecule has 55 heavy (non-hydrogen) atoms. The normalized spacial score (nSPS) is 15.9. The number of ketones is 3. The second kappa shape index (κ2) is 21.4. The lowest BCUT2D eigenvalue weighted by Gasteiger charge is -2.41. The molecular formula is C35H63N3O17. The fourth-order valence-corrected chi connectivity index (χ4v) is 5.35. The van der Waals surface area contributed by atoms with Crippen LogP contribution in [0.15, 0.2) is 0 Å². The Labute approximate surface area is 322 Å². The van der Waals surface area contributed by atoms with E-state index >= 15 is 0 Å². The Morgan fingerprint density at radius 1 is 0.545 bits per heavy atom. The Balaban J connectivity index is -0.000000740. The fraction of sp³-hybridized carbons (Fsp3) is 0.771. The predicted octanol–water partition coefficient (Wildman–Crippen LogP) is -5.32. The van der Waals surface area contributed by atoms with Crippen LogP contribution in [0, 0.1) is 0 Å². The summed E-state index contributed by atoms with van der Waals surface area (Å²) in [7, 11) is 15.3. The van der Waals surface area contributed by atoms with Crippen LogP contribution in [0.2, 0.25) is 0 Å². The molecule has 0 radical (unpaired) electrons. The number of Topliss-reactive ketones (excluding diaryl/α,β-unsaturated/α-hetero) is 3. The fourth-order valence-electron chi connectivity index (χ4n) is 5.35. The van der Waals surface area contributed by atoms with E-state index in [1.54, 1.807) is 70.4 Å². The number of carboxylic acids is 5. The minimum absolute atomic E-state index is 0.0596. The van der Waals surface area contributed by atoms with E-state index in [4.69, 9.17) is 10.2 Å². The molecule has 0 aliphatic rings. The first-order chi connectivity index (χ1) is 24.1. The van der Waals surface area contributed by atoms with Gasteiger partial charge in [-0.3, -0.25) is 24.0 Å². The molecule has 20 heteroatoms. The molecule has 0 aromatic carbocycles. The molecule has 0 bridgehead atoms. The highest BCUT2D eigenvalue weighted by molar-refractivity contribution is 6.01. The number of carbonyl (C=O) groups excluding carboxylic acids is 6. The van der Waals surface area contributed by atoms with Gasteiger partial charge in [0.05, 0.1) is 69.0 Å². The van der Waals surface area contributed by atoms with Crippen molar-refractivity contribution in [2.24, 2.45) is 0 Å². The first-order valence-corrected chi connectivity index (χ1v) is 17.1. The van der Waals surface area contributed by atoms with Crippen LogP contribution in [0.4, 0.5) is 0 Å². The number of carboxylic acid groups (broad SMARTS) is 5. The topological polar surface area (TPSA) is 327 Å². The van der Waals surface area contributed by atoms with Gasteiger partial charge in [-0.1, -0.05) is 0 Å². The van der Waals surface area contributed by atoms with Gasteiger partial charge in [0.1, 0.15) is 25.6 Å². The van der Waals surface area contributed by atoms with E-state index in [1.165, 1.54) is 13.8 Å². The zero-order valence-corrected chi connectivity index (χ0v) is 34.2. The van der Waals surface area contributed by atoms with Crippen LogP contribution in [-0.4, -0.2) is 196 Å². The lowest BCUT2D eigenvalue weighted by Crippen LogP contribution is -2.62. The van der Waals surface area contributed by atoms with Gasteiger partial charge in [-0.2, -0.15) is 0 Å². The van der Waals surface area contributed by atoms with Gasteiger partial charge in [-0.25, -0.2) is 0 Å². The zero-order valence-electron chi connectivity index (χ0n) is 34.2. The van der Waals surface area contributed by atoms with Crippen LogP contribution in [0.1, 0.15) is 72.1 Å². The van der Waals surface area contributed by atoms with Gasteiger partial charge in [0.15, 0.2) is 34.2 Å². The molecule has 20 nitrogen and oxygen atoms in total. The number of rotatable bonds is 23. The zero-order chi connectivity index (χ0) is 44.8. The lowest BCUT2D eigenvalue weighted by molar-refractivity contribution is -0.900. The van der Waals surface area contributed by atoms with Crippen molar-refractivity contribution in [3.8, 4) is 0 Å². The average molecular weight is 798 g/mol. The molecule has 0 aliphatic heterocycles. The predicted molar refractivity (Wildman–Crippen MR) is 187 cm³/mol. The summed E-state index contributed by atoms with van der Waals surface area (Å²) in [5, 5.41) is 89.3. The van der Waals surface area contributed by atoms with E-state index in [0.717, 1.165) is 0 Å². The highest BCUT2D eigenvalue weighted by atomic mass is 16.4. The van der Waals surface area contributed by atoms with Crippen molar-refractivity contribution in [2.75, 3.05) is 76.5 Å². The quantitative estimate of drug-likeness (QED) is 0.0415. The van der Waals surface area contributed by atoms with Crippen molar-refractivity contribution < 1.29 is 97.8 Å². The summed E-state index contributed by atoms with van der Waals surface area (Å²) >= 11 is 0. The Morgan fingerprint density at radius 3 is 1.18 bits per heavy atom. The lowest BCUT2D eigenvalue weighted by atomic mass is 9.83. The van der Waals surface area contributed by atoms with Gasteiger partial charge >= 0.3 is 11.9 Å². The van der Waals surface area contributed by atoms with Gasteiger partial charge in [0.25, 0.3) is 0 Å². The van der Waals surface area contributed by atoms with Crippen LogP contribution in [0.25, 0.3) is 0 Å². The molecule has 0 saturated carbocycles. The summed E-state index contributed by atoms with van der Waals surface area (Å²) in [5.41, 5.74) is -7.58. The minimum atomic E-state index is -2.21. The maximum atomic E-state index is 12.1.